The van der Waals surface area contributed by atoms with Crippen molar-refractivity contribution in [3.63, 3.8) is 0 Å². The minimum Gasteiger partial charge on any atom is -0.490 e. The zero-order valence-corrected chi connectivity index (χ0v) is 11.4. The lowest BCUT2D eigenvalue weighted by Crippen LogP contribution is -2.27. The molecule has 1 aliphatic heterocycles. The van der Waals surface area contributed by atoms with Gasteiger partial charge in [0, 0.05) is 18.9 Å². The number of benzene rings is 1. The van der Waals surface area contributed by atoms with Crippen molar-refractivity contribution in [2.24, 2.45) is 5.73 Å². The Balaban J connectivity index is 2.09. The van der Waals surface area contributed by atoms with E-state index in [2.05, 4.69) is 0 Å². The van der Waals surface area contributed by atoms with E-state index in [1.807, 2.05) is 6.92 Å². The molecule has 1 aliphatic rings. The van der Waals surface area contributed by atoms with Gasteiger partial charge in [-0.1, -0.05) is 6.92 Å². The monoisotopic (exact) mass is 267 g/mol. The molecule has 1 atom stereocenters. The first-order valence-corrected chi connectivity index (χ1v) is 6.97. The highest BCUT2D eigenvalue weighted by Gasteiger charge is 2.17. The molecule has 1 aromatic carbocycles. The fraction of sp³-hybridized carbons (Fsp3) is 0.600. The van der Waals surface area contributed by atoms with E-state index in [0.29, 0.717) is 6.42 Å². The molecule has 0 bridgehead atoms. The first-order chi connectivity index (χ1) is 9.19. The number of hydrogen-bond donors (Lipinski definition) is 1. The number of nitrogens with two attached hydrogens (primary N) is 1. The molecular weight excluding hydrogens is 245 g/mol. The minimum absolute atomic E-state index is 0.0406. The lowest BCUT2D eigenvalue weighted by atomic mass is 10.0. The molecule has 1 fully saturated rings. The average molecular weight is 267 g/mol. The predicted molar refractivity (Wildman–Crippen MR) is 72.8 cm³/mol. The topological polar surface area (TPSA) is 44.5 Å². The van der Waals surface area contributed by atoms with E-state index in [9.17, 15) is 4.39 Å². The summed E-state index contributed by atoms with van der Waals surface area (Å²) in [6, 6.07) is 4.72. The average Bonchev–Trinajstić information content (AvgIpc) is 2.43. The van der Waals surface area contributed by atoms with Crippen LogP contribution in [0.15, 0.2) is 18.2 Å². The zero-order valence-electron chi connectivity index (χ0n) is 11.4. The van der Waals surface area contributed by atoms with E-state index in [4.69, 9.17) is 15.2 Å². The third kappa shape index (κ3) is 4.18. The van der Waals surface area contributed by atoms with Crippen LogP contribution in [0, 0.1) is 5.82 Å². The maximum atomic E-state index is 13.4. The molecule has 0 spiro atoms. The van der Waals surface area contributed by atoms with Crippen LogP contribution in [0.5, 0.6) is 5.75 Å². The molecule has 1 aromatic rings. The number of rotatable bonds is 5. The predicted octanol–water partition coefficient (Wildman–Crippen LogP) is 2.66. The second-order valence-electron chi connectivity index (χ2n) is 5.05. The Morgan fingerprint density at radius 3 is 2.84 bits per heavy atom. The van der Waals surface area contributed by atoms with Crippen LogP contribution in [0.3, 0.4) is 0 Å². The van der Waals surface area contributed by atoms with Crippen molar-refractivity contribution >= 4 is 0 Å². The Hall–Kier alpha value is -1.13. The SMILES string of the molecule is CCC(N)Cc1cc(F)ccc1OC1CCOCC1. The van der Waals surface area contributed by atoms with Gasteiger partial charge in [-0.05, 0) is 36.6 Å². The lowest BCUT2D eigenvalue weighted by Gasteiger charge is -2.25. The largest absolute Gasteiger partial charge is 0.490 e. The molecule has 0 aromatic heterocycles. The quantitative estimate of drug-likeness (QED) is 0.892. The van der Waals surface area contributed by atoms with Crippen molar-refractivity contribution in [2.45, 2.75) is 44.8 Å². The van der Waals surface area contributed by atoms with Crippen molar-refractivity contribution in [1.82, 2.24) is 0 Å². The van der Waals surface area contributed by atoms with Gasteiger partial charge < -0.3 is 15.2 Å². The fourth-order valence-corrected chi connectivity index (χ4v) is 2.22. The zero-order chi connectivity index (χ0) is 13.7. The minimum atomic E-state index is -0.238. The molecule has 19 heavy (non-hydrogen) atoms. The van der Waals surface area contributed by atoms with Crippen LogP contribution < -0.4 is 10.5 Å². The van der Waals surface area contributed by atoms with E-state index in [1.54, 1.807) is 6.07 Å². The first kappa shape index (κ1) is 14.3. The summed E-state index contributed by atoms with van der Waals surface area (Å²) in [6.07, 6.45) is 3.45. The van der Waals surface area contributed by atoms with Crippen LogP contribution in [0.4, 0.5) is 4.39 Å². The van der Waals surface area contributed by atoms with E-state index < -0.39 is 0 Å². The Kier molecular flexibility index (Phi) is 5.16. The van der Waals surface area contributed by atoms with Crippen molar-refractivity contribution in [3.8, 4) is 5.75 Å². The standard InChI is InChI=1S/C15H22FNO2/c1-2-13(17)10-11-9-12(16)3-4-15(11)19-14-5-7-18-8-6-14/h3-4,9,13-14H,2,5-8,10,17H2,1H3. The van der Waals surface area contributed by atoms with Crippen molar-refractivity contribution < 1.29 is 13.9 Å². The van der Waals surface area contributed by atoms with Gasteiger partial charge in [-0.15, -0.1) is 0 Å². The first-order valence-electron chi connectivity index (χ1n) is 6.97. The van der Waals surface area contributed by atoms with E-state index >= 15 is 0 Å². The Bertz CT molecular complexity index is 405. The van der Waals surface area contributed by atoms with Gasteiger partial charge in [-0.3, -0.25) is 0 Å². The summed E-state index contributed by atoms with van der Waals surface area (Å²) in [5, 5.41) is 0. The van der Waals surface area contributed by atoms with Gasteiger partial charge in [0.15, 0.2) is 0 Å². The molecule has 0 radical (unpaired) electrons. The highest BCUT2D eigenvalue weighted by atomic mass is 19.1. The molecule has 1 saturated heterocycles. The van der Waals surface area contributed by atoms with Gasteiger partial charge in [0.1, 0.15) is 17.7 Å². The van der Waals surface area contributed by atoms with Crippen LogP contribution in [0.2, 0.25) is 0 Å². The van der Waals surface area contributed by atoms with Crippen molar-refractivity contribution in [1.29, 1.82) is 0 Å². The van der Waals surface area contributed by atoms with E-state index in [0.717, 1.165) is 43.8 Å². The van der Waals surface area contributed by atoms with Crippen LogP contribution in [0.1, 0.15) is 31.7 Å². The summed E-state index contributed by atoms with van der Waals surface area (Å²) in [4.78, 5) is 0. The van der Waals surface area contributed by atoms with E-state index in [-0.39, 0.29) is 18.0 Å². The lowest BCUT2D eigenvalue weighted by molar-refractivity contribution is 0.0251. The highest BCUT2D eigenvalue weighted by molar-refractivity contribution is 5.35. The Labute approximate surface area is 113 Å². The van der Waals surface area contributed by atoms with Gasteiger partial charge in [0.25, 0.3) is 0 Å². The van der Waals surface area contributed by atoms with Gasteiger partial charge in [-0.2, -0.15) is 0 Å². The summed E-state index contributed by atoms with van der Waals surface area (Å²) in [5.74, 6) is 0.523. The number of halogens is 1. The second kappa shape index (κ2) is 6.87. The molecule has 3 nitrogen and oxygen atoms in total. The maximum absolute atomic E-state index is 13.4. The maximum Gasteiger partial charge on any atom is 0.123 e. The van der Waals surface area contributed by atoms with Gasteiger partial charge in [0.05, 0.1) is 13.2 Å². The molecule has 1 unspecified atom stereocenters. The summed E-state index contributed by atoms with van der Waals surface area (Å²) in [6.45, 7) is 3.49. The fourth-order valence-electron chi connectivity index (χ4n) is 2.22. The van der Waals surface area contributed by atoms with Crippen LogP contribution in [-0.2, 0) is 11.2 Å². The van der Waals surface area contributed by atoms with Crippen LogP contribution in [0.25, 0.3) is 0 Å². The van der Waals surface area contributed by atoms with Crippen molar-refractivity contribution in [3.05, 3.63) is 29.6 Å². The van der Waals surface area contributed by atoms with Crippen LogP contribution in [-0.4, -0.2) is 25.4 Å². The molecular formula is C15H22FNO2. The van der Waals surface area contributed by atoms with Gasteiger partial charge >= 0.3 is 0 Å². The molecule has 4 heteroatoms. The van der Waals surface area contributed by atoms with Gasteiger partial charge in [0.2, 0.25) is 0 Å². The molecule has 0 aliphatic carbocycles. The normalized spacial score (nSPS) is 18.3. The molecule has 0 amide bonds. The summed E-state index contributed by atoms with van der Waals surface area (Å²) in [7, 11) is 0. The smallest absolute Gasteiger partial charge is 0.123 e. The molecule has 2 N–H and O–H groups in total. The van der Waals surface area contributed by atoms with Crippen molar-refractivity contribution in [2.75, 3.05) is 13.2 Å². The van der Waals surface area contributed by atoms with Crippen LogP contribution >= 0.6 is 0 Å². The summed E-state index contributed by atoms with van der Waals surface area (Å²) < 4.78 is 24.7. The molecule has 106 valence electrons. The summed E-state index contributed by atoms with van der Waals surface area (Å²) in [5.41, 5.74) is 6.82. The molecule has 0 saturated carbocycles. The number of hydrogen-bond acceptors (Lipinski definition) is 3. The third-order valence-corrected chi connectivity index (χ3v) is 3.49. The second-order valence-corrected chi connectivity index (χ2v) is 5.05. The third-order valence-electron chi connectivity index (χ3n) is 3.49. The van der Waals surface area contributed by atoms with Gasteiger partial charge in [-0.25, -0.2) is 4.39 Å². The molecule has 2 rings (SSSR count). The number of ether oxygens (including phenoxy) is 2. The highest BCUT2D eigenvalue weighted by Crippen LogP contribution is 2.25. The molecule has 1 heterocycles. The van der Waals surface area contributed by atoms with E-state index in [1.165, 1.54) is 12.1 Å². The summed E-state index contributed by atoms with van der Waals surface area (Å²) >= 11 is 0. The Morgan fingerprint density at radius 1 is 1.42 bits per heavy atom. The Morgan fingerprint density at radius 2 is 2.16 bits per heavy atom.